The van der Waals surface area contributed by atoms with Crippen LogP contribution in [-0.2, 0) is 12.8 Å². The molecule has 0 saturated carbocycles. The lowest BCUT2D eigenvalue weighted by Gasteiger charge is -2.14. The zero-order valence-corrected chi connectivity index (χ0v) is 12.3. The first kappa shape index (κ1) is 15.0. The monoisotopic (exact) mass is 288 g/mol. The van der Waals surface area contributed by atoms with Crippen LogP contribution in [0.4, 0.5) is 0 Å². The minimum atomic E-state index is -0.300. The molecule has 0 bridgehead atoms. The van der Waals surface area contributed by atoms with Crippen LogP contribution in [0.2, 0.25) is 0 Å². The Morgan fingerprint density at radius 1 is 0.905 bits per heavy atom. The molecular formula is C17H20O4. The van der Waals surface area contributed by atoms with Gasteiger partial charge in [0.25, 0.3) is 0 Å². The molecule has 21 heavy (non-hydrogen) atoms. The van der Waals surface area contributed by atoms with E-state index in [4.69, 9.17) is 4.74 Å². The average Bonchev–Trinajstić information content (AvgIpc) is 2.48. The molecule has 3 N–H and O–H groups in total. The summed E-state index contributed by atoms with van der Waals surface area (Å²) in [4.78, 5) is 0. The molecule has 0 saturated heterocycles. The van der Waals surface area contributed by atoms with E-state index in [0.29, 0.717) is 24.2 Å². The fourth-order valence-electron chi connectivity index (χ4n) is 2.23. The first-order valence-electron chi connectivity index (χ1n) is 7.11. The van der Waals surface area contributed by atoms with Gasteiger partial charge in [-0.2, -0.15) is 0 Å². The Bertz CT molecular complexity index is 635. The van der Waals surface area contributed by atoms with Gasteiger partial charge in [-0.25, -0.2) is 0 Å². The van der Waals surface area contributed by atoms with E-state index >= 15 is 0 Å². The number of hydrogen-bond donors (Lipinski definition) is 3. The molecule has 0 aliphatic heterocycles. The lowest BCUT2D eigenvalue weighted by molar-refractivity contribution is 0.358. The highest BCUT2D eigenvalue weighted by Gasteiger charge is 2.16. The summed E-state index contributed by atoms with van der Waals surface area (Å²) in [6.45, 7) is 3.94. The topological polar surface area (TPSA) is 69.9 Å². The molecule has 0 unspecified atom stereocenters. The van der Waals surface area contributed by atoms with Crippen LogP contribution in [0.25, 0.3) is 0 Å². The summed E-state index contributed by atoms with van der Waals surface area (Å²) in [5.41, 5.74) is 1.50. The maximum Gasteiger partial charge on any atom is 0.201 e. The van der Waals surface area contributed by atoms with Crippen LogP contribution in [-0.4, -0.2) is 15.3 Å². The number of ether oxygens (including phenoxy) is 1. The summed E-state index contributed by atoms with van der Waals surface area (Å²) >= 11 is 0. The predicted molar refractivity (Wildman–Crippen MR) is 81.3 cm³/mol. The van der Waals surface area contributed by atoms with Gasteiger partial charge in [-0.3, -0.25) is 0 Å². The molecule has 4 nitrogen and oxygen atoms in total. The second kappa shape index (κ2) is 6.39. The molecule has 0 atom stereocenters. The standard InChI is InChI=1S/C17H20O4/c1-3-6-12-9-10-14(16(20)15(12)19)21-17-11(4-2)7-5-8-13(17)18/h5,7-10,18-20H,3-4,6H2,1-2H3. The van der Waals surface area contributed by atoms with Crippen molar-refractivity contribution in [1.29, 1.82) is 0 Å². The molecule has 112 valence electrons. The molecule has 0 aliphatic carbocycles. The summed E-state index contributed by atoms with van der Waals surface area (Å²) in [5, 5.41) is 30.0. The third-order valence-corrected chi connectivity index (χ3v) is 3.39. The summed E-state index contributed by atoms with van der Waals surface area (Å²) < 4.78 is 5.62. The number of para-hydroxylation sites is 1. The Balaban J connectivity index is 2.39. The number of benzene rings is 2. The van der Waals surface area contributed by atoms with E-state index in [-0.39, 0.29) is 23.0 Å². The van der Waals surface area contributed by atoms with E-state index in [9.17, 15) is 15.3 Å². The Morgan fingerprint density at radius 3 is 2.33 bits per heavy atom. The maximum absolute atomic E-state index is 10.1. The van der Waals surface area contributed by atoms with E-state index in [0.717, 1.165) is 12.0 Å². The van der Waals surface area contributed by atoms with Gasteiger partial charge >= 0.3 is 0 Å². The van der Waals surface area contributed by atoms with Crippen molar-refractivity contribution < 1.29 is 20.1 Å². The van der Waals surface area contributed by atoms with Gasteiger partial charge in [0.05, 0.1) is 0 Å². The smallest absolute Gasteiger partial charge is 0.201 e. The van der Waals surface area contributed by atoms with Crippen LogP contribution in [0.3, 0.4) is 0 Å². The van der Waals surface area contributed by atoms with Crippen molar-refractivity contribution in [3.05, 3.63) is 41.5 Å². The van der Waals surface area contributed by atoms with Gasteiger partial charge in [-0.05, 0) is 36.1 Å². The lowest BCUT2D eigenvalue weighted by Crippen LogP contribution is -1.93. The van der Waals surface area contributed by atoms with Crippen molar-refractivity contribution >= 4 is 0 Å². The molecule has 0 aliphatic rings. The van der Waals surface area contributed by atoms with Crippen LogP contribution in [0, 0.1) is 0 Å². The highest BCUT2D eigenvalue weighted by molar-refractivity contribution is 5.57. The molecule has 4 heteroatoms. The van der Waals surface area contributed by atoms with Crippen LogP contribution in [0.5, 0.6) is 28.7 Å². The van der Waals surface area contributed by atoms with Crippen LogP contribution >= 0.6 is 0 Å². The third kappa shape index (κ3) is 3.05. The van der Waals surface area contributed by atoms with Gasteiger partial charge in [-0.15, -0.1) is 0 Å². The molecule has 2 rings (SSSR count). The Morgan fingerprint density at radius 2 is 1.67 bits per heavy atom. The minimum Gasteiger partial charge on any atom is -0.504 e. The van der Waals surface area contributed by atoms with E-state index in [2.05, 4.69) is 0 Å². The number of hydrogen-bond acceptors (Lipinski definition) is 4. The molecule has 0 heterocycles. The van der Waals surface area contributed by atoms with Crippen molar-refractivity contribution in [3.63, 3.8) is 0 Å². The second-order valence-corrected chi connectivity index (χ2v) is 4.89. The number of rotatable bonds is 5. The molecule has 0 amide bonds. The van der Waals surface area contributed by atoms with Crippen molar-refractivity contribution in [2.24, 2.45) is 0 Å². The zero-order valence-electron chi connectivity index (χ0n) is 12.3. The van der Waals surface area contributed by atoms with E-state index in [1.807, 2.05) is 19.9 Å². The van der Waals surface area contributed by atoms with Crippen molar-refractivity contribution in [3.8, 4) is 28.7 Å². The fraction of sp³-hybridized carbons (Fsp3) is 0.294. The van der Waals surface area contributed by atoms with Crippen LogP contribution in [0.15, 0.2) is 30.3 Å². The second-order valence-electron chi connectivity index (χ2n) is 4.89. The van der Waals surface area contributed by atoms with Crippen LogP contribution < -0.4 is 4.74 Å². The van der Waals surface area contributed by atoms with Gasteiger partial charge in [0.15, 0.2) is 23.0 Å². The average molecular weight is 288 g/mol. The Kier molecular flexibility index (Phi) is 4.58. The molecule has 0 aromatic heterocycles. The Hall–Kier alpha value is -2.36. The summed E-state index contributed by atoms with van der Waals surface area (Å²) in [5.74, 6) is -0.0264. The summed E-state index contributed by atoms with van der Waals surface area (Å²) in [6.07, 6.45) is 2.23. The van der Waals surface area contributed by atoms with Crippen molar-refractivity contribution in [2.75, 3.05) is 0 Å². The molecular weight excluding hydrogens is 268 g/mol. The summed E-state index contributed by atoms with van der Waals surface area (Å²) in [6, 6.07) is 8.43. The lowest BCUT2D eigenvalue weighted by atomic mass is 10.1. The molecule has 2 aromatic rings. The number of phenolic OH excluding ortho intramolecular Hbond substituents is 3. The highest BCUT2D eigenvalue weighted by atomic mass is 16.5. The van der Waals surface area contributed by atoms with Gasteiger partial charge < -0.3 is 20.1 Å². The maximum atomic E-state index is 10.1. The number of aromatic hydroxyl groups is 3. The van der Waals surface area contributed by atoms with Gasteiger partial charge in [0.1, 0.15) is 0 Å². The predicted octanol–water partition coefficient (Wildman–Crippen LogP) is 4.11. The number of phenols is 3. The highest BCUT2D eigenvalue weighted by Crippen LogP contribution is 2.43. The SMILES string of the molecule is CCCc1ccc(Oc2c(O)cccc2CC)c(O)c1O. The van der Waals surface area contributed by atoms with Crippen LogP contribution in [0.1, 0.15) is 31.4 Å². The van der Waals surface area contributed by atoms with Gasteiger partial charge in [0.2, 0.25) is 5.75 Å². The van der Waals surface area contributed by atoms with E-state index in [1.165, 1.54) is 6.07 Å². The van der Waals surface area contributed by atoms with Gasteiger partial charge in [0, 0.05) is 0 Å². The largest absolute Gasteiger partial charge is 0.504 e. The molecule has 0 radical (unpaired) electrons. The molecule has 0 spiro atoms. The normalized spacial score (nSPS) is 10.6. The molecule has 2 aromatic carbocycles. The first-order chi connectivity index (χ1) is 10.1. The number of aryl methyl sites for hydroxylation is 2. The van der Waals surface area contributed by atoms with E-state index < -0.39 is 0 Å². The third-order valence-electron chi connectivity index (χ3n) is 3.39. The zero-order chi connectivity index (χ0) is 15.4. The fourth-order valence-corrected chi connectivity index (χ4v) is 2.23. The minimum absolute atomic E-state index is 0.00544. The quantitative estimate of drug-likeness (QED) is 0.724. The van der Waals surface area contributed by atoms with E-state index in [1.54, 1.807) is 18.2 Å². The molecule has 0 fully saturated rings. The van der Waals surface area contributed by atoms with Crippen molar-refractivity contribution in [2.45, 2.75) is 33.1 Å². The van der Waals surface area contributed by atoms with Gasteiger partial charge in [-0.1, -0.05) is 38.5 Å². The summed E-state index contributed by atoms with van der Waals surface area (Å²) in [7, 11) is 0. The first-order valence-corrected chi connectivity index (χ1v) is 7.11. The van der Waals surface area contributed by atoms with Crippen molar-refractivity contribution in [1.82, 2.24) is 0 Å². The Labute approximate surface area is 124 Å².